The fourth-order valence-electron chi connectivity index (χ4n) is 0.874. The molecule has 3 N–H and O–H groups in total. The van der Waals surface area contributed by atoms with Crippen molar-refractivity contribution in [3.8, 4) is 0 Å². The van der Waals surface area contributed by atoms with Gasteiger partial charge in [-0.3, -0.25) is 0 Å². The molecule has 1 aromatic rings. The minimum absolute atomic E-state index is 0. The Morgan fingerprint density at radius 1 is 0.800 bits per heavy atom. The van der Waals surface area contributed by atoms with Gasteiger partial charge in [0.25, 0.3) is 0 Å². The zero-order chi connectivity index (χ0) is 14.7. The Kier molecular flexibility index (Phi) is 11.8. The Bertz CT molecular complexity index is 483. The van der Waals surface area contributed by atoms with Gasteiger partial charge in [-0.25, -0.2) is 14.4 Å². The molecule has 0 spiro atoms. The molecule has 20 heavy (non-hydrogen) atoms. The summed E-state index contributed by atoms with van der Waals surface area (Å²) in [7, 11) is 0. The first kappa shape index (κ1) is 20.0. The number of carbonyl (C=O) groups is 3. The van der Waals surface area contributed by atoms with E-state index in [1.807, 2.05) is 30.3 Å². The van der Waals surface area contributed by atoms with E-state index in [1.54, 1.807) is 6.08 Å². The van der Waals surface area contributed by atoms with E-state index in [-0.39, 0.29) is 20.3 Å². The minimum atomic E-state index is -1.26. The third kappa shape index (κ3) is 13.8. The summed E-state index contributed by atoms with van der Waals surface area (Å²) < 4.78 is 0. The van der Waals surface area contributed by atoms with Gasteiger partial charge in [-0.05, 0) is 11.6 Å². The second kappa shape index (κ2) is 11.8. The molecule has 0 atom stereocenters. The first-order valence-corrected chi connectivity index (χ1v) is 5.02. The van der Waals surface area contributed by atoms with Crippen molar-refractivity contribution in [1.29, 1.82) is 0 Å². The molecule has 0 bridgehead atoms. The zero-order valence-electron chi connectivity index (χ0n) is 11.8. The minimum Gasteiger partial charge on any atom is -1.00 e. The monoisotopic (exact) mass is 272 g/mol. The fraction of sp³-hybridized carbons (Fsp3) is 0. The van der Waals surface area contributed by atoms with Gasteiger partial charge < -0.3 is 16.7 Å². The van der Waals surface area contributed by atoms with Crippen LogP contribution >= 0.6 is 0 Å². The Morgan fingerprint density at radius 2 is 1.20 bits per heavy atom. The van der Waals surface area contributed by atoms with Crippen LogP contribution in [0, 0.1) is 0 Å². The molecule has 0 unspecified atom stereocenters. The number of aliphatic carboxylic acids is 3. The van der Waals surface area contributed by atoms with E-state index in [2.05, 4.69) is 0 Å². The van der Waals surface area contributed by atoms with Crippen LogP contribution in [-0.4, -0.2) is 33.2 Å². The van der Waals surface area contributed by atoms with Crippen LogP contribution in [0.2, 0.25) is 0 Å². The number of hydrogen-bond donors (Lipinski definition) is 3. The molecule has 1 rings (SSSR count). The molecule has 0 aliphatic rings. The van der Waals surface area contributed by atoms with Crippen molar-refractivity contribution >= 4 is 24.0 Å². The van der Waals surface area contributed by atoms with Gasteiger partial charge in [-0.1, -0.05) is 30.3 Å². The summed E-state index contributed by atoms with van der Waals surface area (Å²) in [6, 6.07) is 9.31. The second-order valence-corrected chi connectivity index (χ2v) is 3.09. The average Bonchev–Trinajstić information content (AvgIpc) is 2.36. The first-order valence-electron chi connectivity index (χ1n) is 5.02. The molecule has 0 aliphatic heterocycles. The quantitative estimate of drug-likeness (QED) is 0.459. The Balaban J connectivity index is -0.000000295. The van der Waals surface area contributed by atoms with Crippen LogP contribution in [0.4, 0.5) is 0 Å². The third-order valence-electron chi connectivity index (χ3n) is 1.59. The van der Waals surface area contributed by atoms with Crippen molar-refractivity contribution in [1.82, 2.24) is 0 Å². The van der Waals surface area contributed by atoms with Crippen LogP contribution in [-0.2, 0) is 14.4 Å². The van der Waals surface area contributed by atoms with E-state index in [9.17, 15) is 14.4 Å². The number of hydrogen-bond acceptors (Lipinski definition) is 3. The molecule has 6 nitrogen and oxygen atoms in total. The van der Waals surface area contributed by atoms with Crippen LogP contribution < -0.4 is 18.9 Å². The SMILES string of the molecule is O=C(O)/C=C\C(=O)O.O=C(O)C=Cc1ccccc1.[H-].[Li+]. The number of carboxylic acid groups (broad SMARTS) is 3. The summed E-state index contributed by atoms with van der Waals surface area (Å²) in [5, 5.41) is 23.9. The van der Waals surface area contributed by atoms with Gasteiger partial charge in [0.2, 0.25) is 0 Å². The van der Waals surface area contributed by atoms with Crippen LogP contribution in [0.5, 0.6) is 0 Å². The molecule has 0 aliphatic carbocycles. The maximum absolute atomic E-state index is 10.1. The first-order chi connectivity index (χ1) is 8.91. The topological polar surface area (TPSA) is 112 Å². The summed E-state index contributed by atoms with van der Waals surface area (Å²) in [6.07, 6.45) is 3.79. The molecule has 102 valence electrons. The Morgan fingerprint density at radius 3 is 1.55 bits per heavy atom. The summed E-state index contributed by atoms with van der Waals surface area (Å²) in [5.41, 5.74) is 0.898. The predicted octanol–water partition coefficient (Wildman–Crippen LogP) is -1.39. The standard InChI is InChI=1S/C9H8O2.C4H4O4.Li.H/c10-9(11)7-6-8-4-2-1-3-5-8;5-3(6)1-2-4(7)8;;/h1-7H,(H,10,11);1-2H,(H,5,6)(H,7,8);;/q;;+1;-1/b;2-1-;;. The largest absolute Gasteiger partial charge is 1.00 e. The molecular weight excluding hydrogens is 259 g/mol. The van der Waals surface area contributed by atoms with Gasteiger partial charge in [0, 0.05) is 18.2 Å². The van der Waals surface area contributed by atoms with Crippen LogP contribution in [0.1, 0.15) is 6.99 Å². The zero-order valence-corrected chi connectivity index (χ0v) is 10.8. The van der Waals surface area contributed by atoms with E-state index < -0.39 is 17.9 Å². The number of benzene rings is 1. The van der Waals surface area contributed by atoms with Crippen molar-refractivity contribution in [3.63, 3.8) is 0 Å². The molecule has 1 aromatic carbocycles. The van der Waals surface area contributed by atoms with Gasteiger partial charge in [0.15, 0.2) is 0 Å². The smallest absolute Gasteiger partial charge is 1.00 e. The molecule has 0 radical (unpaired) electrons. The van der Waals surface area contributed by atoms with Crippen molar-refractivity contribution in [2.75, 3.05) is 0 Å². The number of carboxylic acids is 3. The molecule has 0 fully saturated rings. The van der Waals surface area contributed by atoms with Gasteiger partial charge in [-0.15, -0.1) is 0 Å². The second-order valence-electron chi connectivity index (χ2n) is 3.09. The van der Waals surface area contributed by atoms with Crippen molar-refractivity contribution in [3.05, 3.63) is 54.1 Å². The summed E-state index contributed by atoms with van der Waals surface area (Å²) >= 11 is 0. The number of rotatable bonds is 4. The van der Waals surface area contributed by atoms with E-state index >= 15 is 0 Å². The van der Waals surface area contributed by atoms with Gasteiger partial charge in [0.1, 0.15) is 0 Å². The maximum Gasteiger partial charge on any atom is 1.00 e. The van der Waals surface area contributed by atoms with Crippen molar-refractivity contribution in [2.45, 2.75) is 0 Å². The summed E-state index contributed by atoms with van der Waals surface area (Å²) in [4.78, 5) is 29.2. The Hall–Kier alpha value is -2.29. The van der Waals surface area contributed by atoms with Crippen molar-refractivity contribution < 1.29 is 50.0 Å². The molecular formula is C13H13LiO6. The van der Waals surface area contributed by atoms with Crippen LogP contribution in [0.3, 0.4) is 0 Å². The van der Waals surface area contributed by atoms with E-state index in [4.69, 9.17) is 15.3 Å². The third-order valence-corrected chi connectivity index (χ3v) is 1.59. The molecule has 0 saturated heterocycles. The van der Waals surface area contributed by atoms with Crippen LogP contribution in [0.15, 0.2) is 48.6 Å². The normalized spacial score (nSPS) is 9.40. The van der Waals surface area contributed by atoms with Gasteiger partial charge in [-0.2, -0.15) is 0 Å². The maximum atomic E-state index is 10.1. The fourth-order valence-corrected chi connectivity index (χ4v) is 0.874. The van der Waals surface area contributed by atoms with Crippen LogP contribution in [0.25, 0.3) is 6.08 Å². The predicted molar refractivity (Wildman–Crippen MR) is 68.6 cm³/mol. The average molecular weight is 272 g/mol. The molecule has 0 amide bonds. The molecule has 0 aromatic heterocycles. The molecule has 0 heterocycles. The van der Waals surface area contributed by atoms with Crippen molar-refractivity contribution in [2.24, 2.45) is 0 Å². The molecule has 7 heteroatoms. The van der Waals surface area contributed by atoms with E-state index in [0.29, 0.717) is 12.2 Å². The van der Waals surface area contributed by atoms with E-state index in [0.717, 1.165) is 11.6 Å². The van der Waals surface area contributed by atoms with E-state index in [1.165, 1.54) is 0 Å². The summed E-state index contributed by atoms with van der Waals surface area (Å²) in [6.45, 7) is 0. The summed E-state index contributed by atoms with van der Waals surface area (Å²) in [5.74, 6) is -3.44. The van der Waals surface area contributed by atoms with Gasteiger partial charge >= 0.3 is 36.8 Å². The van der Waals surface area contributed by atoms with Gasteiger partial charge in [0.05, 0.1) is 0 Å². The Labute approximate surface area is 128 Å². The molecule has 0 saturated carbocycles.